The minimum Gasteiger partial charge on any atom is -0.378 e. The lowest BCUT2D eigenvalue weighted by Crippen LogP contribution is -2.37. The summed E-state index contributed by atoms with van der Waals surface area (Å²) in [5.74, 6) is 0.505. The Hall–Kier alpha value is -1.75. The fourth-order valence-electron chi connectivity index (χ4n) is 4.06. The van der Waals surface area contributed by atoms with Crippen molar-refractivity contribution in [3.8, 4) is 0 Å². The SMILES string of the molecule is C[C@H]1C[C@@H](CNC(=O)Nc2ccccc2N(C)C2CCCC2)CCO1. The Balaban J connectivity index is 1.55. The van der Waals surface area contributed by atoms with Gasteiger partial charge in [-0.1, -0.05) is 25.0 Å². The predicted molar refractivity (Wildman–Crippen MR) is 102 cm³/mol. The lowest BCUT2D eigenvalue weighted by molar-refractivity contribution is 0.00354. The standard InChI is InChI=1S/C20H31N3O2/c1-15-13-16(11-12-25-15)14-21-20(24)22-18-9-5-6-10-19(18)23(2)17-7-3-4-8-17/h5-6,9-10,15-17H,3-4,7-8,11-14H2,1-2H3,(H2,21,22,24)/t15-,16-/m0/s1. The highest BCUT2D eigenvalue weighted by Crippen LogP contribution is 2.31. The maximum atomic E-state index is 12.4. The number of amides is 2. The number of anilines is 2. The van der Waals surface area contributed by atoms with Crippen molar-refractivity contribution in [1.29, 1.82) is 0 Å². The number of carbonyl (C=O) groups excluding carboxylic acids is 1. The maximum absolute atomic E-state index is 12.4. The summed E-state index contributed by atoms with van der Waals surface area (Å²) in [7, 11) is 2.14. The number of nitrogens with zero attached hydrogens (tertiary/aromatic N) is 1. The van der Waals surface area contributed by atoms with Crippen LogP contribution in [0, 0.1) is 5.92 Å². The van der Waals surface area contributed by atoms with Crippen LogP contribution in [-0.2, 0) is 4.74 Å². The molecule has 2 N–H and O–H groups in total. The van der Waals surface area contributed by atoms with E-state index in [1.807, 2.05) is 18.2 Å². The third-order valence-electron chi connectivity index (χ3n) is 5.55. The molecule has 1 heterocycles. The van der Waals surface area contributed by atoms with Crippen molar-refractivity contribution in [3.05, 3.63) is 24.3 Å². The molecule has 5 heteroatoms. The van der Waals surface area contributed by atoms with E-state index < -0.39 is 0 Å². The monoisotopic (exact) mass is 345 g/mol. The van der Waals surface area contributed by atoms with Crippen molar-refractivity contribution in [2.24, 2.45) is 5.92 Å². The Morgan fingerprint density at radius 2 is 2.00 bits per heavy atom. The largest absolute Gasteiger partial charge is 0.378 e. The van der Waals surface area contributed by atoms with Gasteiger partial charge in [0.2, 0.25) is 0 Å². The molecule has 0 unspecified atom stereocenters. The van der Waals surface area contributed by atoms with Gasteiger partial charge >= 0.3 is 6.03 Å². The third-order valence-corrected chi connectivity index (χ3v) is 5.55. The molecule has 0 bridgehead atoms. The summed E-state index contributed by atoms with van der Waals surface area (Å²) in [5.41, 5.74) is 1.99. The van der Waals surface area contributed by atoms with Gasteiger partial charge in [0.1, 0.15) is 0 Å². The Labute approximate surface area is 151 Å². The first-order valence-electron chi connectivity index (χ1n) is 9.62. The molecule has 1 saturated carbocycles. The second-order valence-corrected chi connectivity index (χ2v) is 7.47. The fourth-order valence-corrected chi connectivity index (χ4v) is 4.06. The van der Waals surface area contributed by atoms with Crippen LogP contribution in [0.25, 0.3) is 0 Å². The highest BCUT2D eigenvalue weighted by atomic mass is 16.5. The summed E-state index contributed by atoms with van der Waals surface area (Å²) < 4.78 is 5.57. The molecule has 1 saturated heterocycles. The zero-order valence-electron chi connectivity index (χ0n) is 15.5. The molecule has 0 radical (unpaired) electrons. The van der Waals surface area contributed by atoms with Crippen molar-refractivity contribution in [3.63, 3.8) is 0 Å². The summed E-state index contributed by atoms with van der Waals surface area (Å²) in [4.78, 5) is 14.7. The van der Waals surface area contributed by atoms with Gasteiger partial charge in [-0.05, 0) is 50.7 Å². The van der Waals surface area contributed by atoms with E-state index in [0.29, 0.717) is 24.6 Å². The average Bonchev–Trinajstić information content (AvgIpc) is 3.15. The van der Waals surface area contributed by atoms with Gasteiger partial charge in [0.05, 0.1) is 17.5 Å². The van der Waals surface area contributed by atoms with E-state index in [4.69, 9.17) is 4.74 Å². The molecule has 2 amide bonds. The highest BCUT2D eigenvalue weighted by Gasteiger charge is 2.22. The molecule has 138 valence electrons. The molecule has 5 nitrogen and oxygen atoms in total. The second-order valence-electron chi connectivity index (χ2n) is 7.47. The Kier molecular flexibility index (Phi) is 6.19. The number of ether oxygens (including phenoxy) is 1. The molecule has 3 rings (SSSR count). The van der Waals surface area contributed by atoms with Crippen LogP contribution in [-0.4, -0.2) is 38.4 Å². The molecule has 0 spiro atoms. The minimum absolute atomic E-state index is 0.119. The van der Waals surface area contributed by atoms with E-state index in [1.165, 1.54) is 25.7 Å². The number of nitrogens with one attached hydrogen (secondary N) is 2. The predicted octanol–water partition coefficient (Wildman–Crippen LogP) is 4.00. The summed E-state index contributed by atoms with van der Waals surface area (Å²) >= 11 is 0. The van der Waals surface area contributed by atoms with E-state index in [-0.39, 0.29) is 6.03 Å². The second kappa shape index (κ2) is 8.56. The zero-order valence-corrected chi connectivity index (χ0v) is 15.5. The Morgan fingerprint density at radius 1 is 1.24 bits per heavy atom. The number of hydrogen-bond donors (Lipinski definition) is 2. The van der Waals surface area contributed by atoms with Gasteiger partial charge in [-0.3, -0.25) is 0 Å². The van der Waals surface area contributed by atoms with Gasteiger partial charge in [-0.25, -0.2) is 4.79 Å². The van der Waals surface area contributed by atoms with Gasteiger partial charge in [0, 0.05) is 26.2 Å². The molecule has 2 fully saturated rings. The lowest BCUT2D eigenvalue weighted by atomic mass is 9.96. The lowest BCUT2D eigenvalue weighted by Gasteiger charge is -2.29. The summed E-state index contributed by atoms with van der Waals surface area (Å²) in [6, 6.07) is 8.54. The molecule has 2 aliphatic rings. The van der Waals surface area contributed by atoms with E-state index in [0.717, 1.165) is 30.8 Å². The maximum Gasteiger partial charge on any atom is 0.319 e. The summed E-state index contributed by atoms with van der Waals surface area (Å²) in [6.45, 7) is 3.60. The van der Waals surface area contributed by atoms with Gasteiger partial charge in [0.25, 0.3) is 0 Å². The number of benzene rings is 1. The quantitative estimate of drug-likeness (QED) is 0.848. The molecule has 1 aliphatic heterocycles. The van der Waals surface area contributed by atoms with Gasteiger partial charge < -0.3 is 20.3 Å². The van der Waals surface area contributed by atoms with Crippen molar-refractivity contribution in [2.75, 3.05) is 30.4 Å². The molecule has 1 aliphatic carbocycles. The number of para-hydroxylation sites is 2. The first-order chi connectivity index (χ1) is 12.1. The molecule has 25 heavy (non-hydrogen) atoms. The van der Waals surface area contributed by atoms with Crippen LogP contribution in [0.5, 0.6) is 0 Å². The fraction of sp³-hybridized carbons (Fsp3) is 0.650. The topological polar surface area (TPSA) is 53.6 Å². The number of carbonyl (C=O) groups is 1. The number of urea groups is 1. The van der Waals surface area contributed by atoms with Crippen molar-refractivity contribution in [1.82, 2.24) is 5.32 Å². The molecule has 1 aromatic rings. The number of hydrogen-bond acceptors (Lipinski definition) is 3. The normalized spacial score (nSPS) is 24.1. The summed E-state index contributed by atoms with van der Waals surface area (Å²) in [5, 5.41) is 6.08. The van der Waals surface area contributed by atoms with Crippen LogP contribution < -0.4 is 15.5 Å². The highest BCUT2D eigenvalue weighted by molar-refractivity contribution is 5.93. The Bertz CT molecular complexity index is 572. The van der Waals surface area contributed by atoms with Gasteiger partial charge in [-0.2, -0.15) is 0 Å². The van der Waals surface area contributed by atoms with Gasteiger partial charge in [-0.15, -0.1) is 0 Å². The van der Waals surface area contributed by atoms with Crippen LogP contribution >= 0.6 is 0 Å². The van der Waals surface area contributed by atoms with E-state index >= 15 is 0 Å². The average molecular weight is 345 g/mol. The van der Waals surface area contributed by atoms with Crippen LogP contribution in [0.15, 0.2) is 24.3 Å². The van der Waals surface area contributed by atoms with Crippen LogP contribution in [0.4, 0.5) is 16.2 Å². The van der Waals surface area contributed by atoms with Crippen molar-refractivity contribution >= 4 is 17.4 Å². The van der Waals surface area contributed by atoms with Crippen LogP contribution in [0.2, 0.25) is 0 Å². The summed E-state index contributed by atoms with van der Waals surface area (Å²) in [6.07, 6.45) is 7.40. The first kappa shape index (κ1) is 18.1. The third kappa shape index (κ3) is 4.88. The van der Waals surface area contributed by atoms with Gasteiger partial charge in [0.15, 0.2) is 0 Å². The van der Waals surface area contributed by atoms with E-state index in [9.17, 15) is 4.79 Å². The van der Waals surface area contributed by atoms with E-state index in [2.05, 4.69) is 35.6 Å². The molecule has 2 atom stereocenters. The van der Waals surface area contributed by atoms with Crippen LogP contribution in [0.1, 0.15) is 45.4 Å². The van der Waals surface area contributed by atoms with E-state index in [1.54, 1.807) is 0 Å². The zero-order chi connectivity index (χ0) is 17.6. The Morgan fingerprint density at radius 3 is 2.76 bits per heavy atom. The smallest absolute Gasteiger partial charge is 0.319 e. The minimum atomic E-state index is -0.119. The molecular formula is C20H31N3O2. The molecule has 0 aromatic heterocycles. The molecule has 1 aromatic carbocycles. The number of rotatable bonds is 5. The molecular weight excluding hydrogens is 314 g/mol. The van der Waals surface area contributed by atoms with Crippen molar-refractivity contribution < 1.29 is 9.53 Å². The first-order valence-corrected chi connectivity index (χ1v) is 9.62. The van der Waals surface area contributed by atoms with Crippen molar-refractivity contribution in [2.45, 2.75) is 57.6 Å². The van der Waals surface area contributed by atoms with Crippen LogP contribution in [0.3, 0.4) is 0 Å².